The third kappa shape index (κ3) is 3.42. The maximum Gasteiger partial charge on any atom is 0.165 e. The zero-order valence-corrected chi connectivity index (χ0v) is 13.2. The average molecular weight is 301 g/mol. The zero-order chi connectivity index (χ0) is 15.4. The number of nitrogens with zero attached hydrogens (tertiary/aromatic N) is 2. The third-order valence-electron chi connectivity index (χ3n) is 3.89. The van der Waals surface area contributed by atoms with Crippen LogP contribution >= 0.6 is 0 Å². The molecule has 1 atom stereocenters. The van der Waals surface area contributed by atoms with Crippen LogP contribution in [-0.4, -0.2) is 29.3 Å². The van der Waals surface area contributed by atoms with Crippen molar-refractivity contribution in [2.75, 3.05) is 19.8 Å². The van der Waals surface area contributed by atoms with Crippen molar-refractivity contribution >= 4 is 0 Å². The predicted molar refractivity (Wildman–Crippen MR) is 85.3 cm³/mol. The van der Waals surface area contributed by atoms with E-state index < -0.39 is 0 Å². The molecule has 0 amide bonds. The van der Waals surface area contributed by atoms with Crippen LogP contribution in [0.4, 0.5) is 0 Å². The average Bonchev–Trinajstić information content (AvgIpc) is 2.93. The maximum atomic E-state index is 5.74. The van der Waals surface area contributed by atoms with Crippen molar-refractivity contribution in [3.8, 4) is 11.5 Å². The fourth-order valence-corrected chi connectivity index (χ4v) is 2.72. The highest BCUT2D eigenvalue weighted by atomic mass is 16.6. The molecule has 5 heteroatoms. The molecule has 1 aromatic heterocycles. The largest absolute Gasteiger partial charge is 0.486 e. The van der Waals surface area contributed by atoms with Gasteiger partial charge in [-0.15, -0.1) is 0 Å². The Balaban J connectivity index is 1.52. The predicted octanol–water partition coefficient (Wildman–Crippen LogP) is 2.39. The van der Waals surface area contributed by atoms with Gasteiger partial charge in [0.1, 0.15) is 19.0 Å². The van der Waals surface area contributed by atoms with Crippen LogP contribution in [0.5, 0.6) is 11.5 Å². The third-order valence-corrected chi connectivity index (χ3v) is 3.89. The van der Waals surface area contributed by atoms with E-state index in [1.54, 1.807) is 0 Å². The summed E-state index contributed by atoms with van der Waals surface area (Å²) >= 11 is 0. The molecule has 0 fully saturated rings. The van der Waals surface area contributed by atoms with Gasteiger partial charge in [-0.2, -0.15) is 0 Å². The first-order valence-electron chi connectivity index (χ1n) is 7.80. The van der Waals surface area contributed by atoms with E-state index in [1.807, 2.05) is 31.5 Å². The van der Waals surface area contributed by atoms with E-state index in [2.05, 4.69) is 27.9 Å². The van der Waals surface area contributed by atoms with Crippen LogP contribution in [0, 0.1) is 12.8 Å². The van der Waals surface area contributed by atoms with Crippen LogP contribution < -0.4 is 14.8 Å². The van der Waals surface area contributed by atoms with Gasteiger partial charge in [0.2, 0.25) is 0 Å². The lowest BCUT2D eigenvalue weighted by Gasteiger charge is -2.21. The molecule has 118 valence electrons. The molecule has 0 radical (unpaired) electrons. The highest BCUT2D eigenvalue weighted by molar-refractivity contribution is 5.47. The van der Waals surface area contributed by atoms with Gasteiger partial charge in [-0.25, -0.2) is 4.98 Å². The number of aryl methyl sites for hydroxylation is 1. The Bertz CT molecular complexity index is 624. The normalized spacial score (nSPS) is 14.8. The topological polar surface area (TPSA) is 48.3 Å². The van der Waals surface area contributed by atoms with Crippen LogP contribution in [0.3, 0.4) is 0 Å². The van der Waals surface area contributed by atoms with Crippen molar-refractivity contribution in [1.82, 2.24) is 14.9 Å². The second-order valence-electron chi connectivity index (χ2n) is 5.80. The van der Waals surface area contributed by atoms with Crippen molar-refractivity contribution < 1.29 is 9.47 Å². The van der Waals surface area contributed by atoms with Crippen LogP contribution in [0.2, 0.25) is 0 Å². The second kappa shape index (κ2) is 6.83. The van der Waals surface area contributed by atoms with E-state index in [1.165, 1.54) is 0 Å². The van der Waals surface area contributed by atoms with Gasteiger partial charge in [-0.1, -0.05) is 19.1 Å². The van der Waals surface area contributed by atoms with Gasteiger partial charge in [-0.05, 0) is 25.5 Å². The summed E-state index contributed by atoms with van der Waals surface area (Å²) in [5.41, 5.74) is 1.16. The minimum Gasteiger partial charge on any atom is -0.486 e. The standard InChI is InChI=1S/C17H23N3O2/c1-13(12-20-7-6-19-14(20)2)10-18-11-15-4-3-5-16-17(15)22-9-8-21-16/h3-7,13,18H,8-12H2,1-2H3. The highest BCUT2D eigenvalue weighted by Gasteiger charge is 2.15. The van der Waals surface area contributed by atoms with Gasteiger partial charge < -0.3 is 19.4 Å². The highest BCUT2D eigenvalue weighted by Crippen LogP contribution is 2.33. The Hall–Kier alpha value is -2.01. The van der Waals surface area contributed by atoms with Crippen LogP contribution in [0.15, 0.2) is 30.6 Å². The van der Waals surface area contributed by atoms with Crippen molar-refractivity contribution in [1.29, 1.82) is 0 Å². The number of para-hydroxylation sites is 1. The van der Waals surface area contributed by atoms with Crippen molar-refractivity contribution in [2.24, 2.45) is 5.92 Å². The van der Waals surface area contributed by atoms with Gasteiger partial charge in [-0.3, -0.25) is 0 Å². The monoisotopic (exact) mass is 301 g/mol. The first-order chi connectivity index (χ1) is 10.7. The van der Waals surface area contributed by atoms with Crippen molar-refractivity contribution in [3.05, 3.63) is 42.0 Å². The lowest BCUT2D eigenvalue weighted by Crippen LogP contribution is -2.25. The van der Waals surface area contributed by atoms with Crippen LogP contribution in [0.1, 0.15) is 18.3 Å². The van der Waals surface area contributed by atoms with E-state index in [0.717, 1.165) is 42.5 Å². The van der Waals surface area contributed by atoms with E-state index in [9.17, 15) is 0 Å². The first-order valence-corrected chi connectivity index (χ1v) is 7.80. The van der Waals surface area contributed by atoms with E-state index in [4.69, 9.17) is 9.47 Å². The van der Waals surface area contributed by atoms with Crippen molar-refractivity contribution in [3.63, 3.8) is 0 Å². The molecule has 1 unspecified atom stereocenters. The lowest BCUT2D eigenvalue weighted by molar-refractivity contribution is 0.169. The summed E-state index contributed by atoms with van der Waals surface area (Å²) in [6.07, 6.45) is 3.88. The van der Waals surface area contributed by atoms with Gasteiger partial charge in [0, 0.05) is 31.0 Å². The first kappa shape index (κ1) is 14.9. The Morgan fingerprint density at radius 1 is 1.32 bits per heavy atom. The summed E-state index contributed by atoms with van der Waals surface area (Å²) in [5.74, 6) is 3.34. The molecule has 1 aliphatic heterocycles. The Morgan fingerprint density at radius 3 is 3.00 bits per heavy atom. The van der Waals surface area contributed by atoms with E-state index in [0.29, 0.717) is 19.1 Å². The molecule has 3 rings (SSSR count). The van der Waals surface area contributed by atoms with Crippen LogP contribution in [-0.2, 0) is 13.1 Å². The summed E-state index contributed by atoms with van der Waals surface area (Å²) in [4.78, 5) is 4.26. The molecule has 0 aliphatic carbocycles. The van der Waals surface area contributed by atoms with E-state index in [-0.39, 0.29) is 0 Å². The molecule has 1 N–H and O–H groups in total. The number of hydrogen-bond acceptors (Lipinski definition) is 4. The quantitative estimate of drug-likeness (QED) is 0.890. The zero-order valence-electron chi connectivity index (χ0n) is 13.2. The molecule has 1 aliphatic rings. The molecule has 0 spiro atoms. The number of imidazole rings is 1. The smallest absolute Gasteiger partial charge is 0.165 e. The number of fused-ring (bicyclic) bond motifs is 1. The van der Waals surface area contributed by atoms with Crippen molar-refractivity contribution in [2.45, 2.75) is 26.9 Å². The summed E-state index contributed by atoms with van der Waals surface area (Å²) in [7, 11) is 0. The molecule has 0 bridgehead atoms. The van der Waals surface area contributed by atoms with Gasteiger partial charge in [0.05, 0.1) is 0 Å². The number of hydrogen-bond donors (Lipinski definition) is 1. The summed E-state index contributed by atoms with van der Waals surface area (Å²) < 4.78 is 13.5. The molecule has 0 saturated heterocycles. The summed E-state index contributed by atoms with van der Waals surface area (Å²) in [5, 5.41) is 3.51. The number of ether oxygens (including phenoxy) is 2. The number of nitrogens with one attached hydrogen (secondary N) is 1. The molecule has 2 aromatic rings. The molecule has 5 nitrogen and oxygen atoms in total. The Kier molecular flexibility index (Phi) is 4.63. The molecule has 1 aromatic carbocycles. The molecular formula is C17H23N3O2. The lowest BCUT2D eigenvalue weighted by atomic mass is 10.1. The number of benzene rings is 1. The number of rotatable bonds is 6. The summed E-state index contributed by atoms with van der Waals surface area (Å²) in [6, 6.07) is 6.07. The molecule has 0 saturated carbocycles. The SMILES string of the molecule is Cc1nccn1CC(C)CNCc1cccc2c1OCCO2. The van der Waals surface area contributed by atoms with Gasteiger partial charge in [0.15, 0.2) is 11.5 Å². The molecular weight excluding hydrogens is 278 g/mol. The maximum absolute atomic E-state index is 5.74. The van der Waals surface area contributed by atoms with Gasteiger partial charge in [0.25, 0.3) is 0 Å². The van der Waals surface area contributed by atoms with Gasteiger partial charge >= 0.3 is 0 Å². The minimum absolute atomic E-state index is 0.532. The minimum atomic E-state index is 0.532. The molecule has 22 heavy (non-hydrogen) atoms. The Labute approximate surface area is 131 Å². The Morgan fingerprint density at radius 2 is 2.18 bits per heavy atom. The fourth-order valence-electron chi connectivity index (χ4n) is 2.72. The fraction of sp³-hybridized carbons (Fsp3) is 0.471. The molecule has 2 heterocycles. The number of aromatic nitrogens is 2. The second-order valence-corrected chi connectivity index (χ2v) is 5.80. The van der Waals surface area contributed by atoms with E-state index >= 15 is 0 Å². The van der Waals surface area contributed by atoms with Crippen LogP contribution in [0.25, 0.3) is 0 Å². The summed E-state index contributed by atoms with van der Waals surface area (Å²) in [6.45, 7) is 8.25.